The summed E-state index contributed by atoms with van der Waals surface area (Å²) >= 11 is 0. The average molecular weight is 285 g/mol. The molecule has 0 aliphatic carbocycles. The van der Waals surface area contributed by atoms with Crippen molar-refractivity contribution in [2.24, 2.45) is 7.05 Å². The van der Waals surface area contributed by atoms with E-state index < -0.39 is 0 Å². The third-order valence-electron chi connectivity index (χ3n) is 4.93. The molecule has 0 N–H and O–H groups in total. The number of hydrogen-bond donors (Lipinski definition) is 0. The quantitative estimate of drug-likeness (QED) is 0.693. The molecular weight excluding hydrogens is 258 g/mol. The predicted octanol–water partition coefficient (Wildman–Crippen LogP) is 5.15. The summed E-state index contributed by atoms with van der Waals surface area (Å²) in [6.45, 7) is 3.18. The Labute approximate surface area is 128 Å². The second-order valence-electron chi connectivity index (χ2n) is 6.43. The van der Waals surface area contributed by atoms with E-state index in [9.17, 15) is 0 Å². The van der Waals surface area contributed by atoms with Gasteiger partial charge in [0.05, 0.1) is 5.60 Å². The molecule has 0 amide bonds. The SMILES string of the molecule is CCCCCC1(c2cn(C)c3ccccc23)CCCCO1. The molecule has 21 heavy (non-hydrogen) atoms. The summed E-state index contributed by atoms with van der Waals surface area (Å²) in [5.41, 5.74) is 2.68. The number of aryl methyl sites for hydroxylation is 1. The first kappa shape index (κ1) is 14.6. The third kappa shape index (κ3) is 2.74. The van der Waals surface area contributed by atoms with Gasteiger partial charge >= 0.3 is 0 Å². The molecule has 2 aromatic rings. The summed E-state index contributed by atoms with van der Waals surface area (Å²) in [7, 11) is 2.15. The second kappa shape index (κ2) is 6.23. The van der Waals surface area contributed by atoms with Crippen molar-refractivity contribution in [1.29, 1.82) is 0 Å². The molecule has 0 spiro atoms. The fraction of sp³-hybridized carbons (Fsp3) is 0.579. The highest BCUT2D eigenvalue weighted by Crippen LogP contribution is 2.43. The Morgan fingerprint density at radius 3 is 2.81 bits per heavy atom. The van der Waals surface area contributed by atoms with Crippen LogP contribution in [-0.2, 0) is 17.4 Å². The number of ether oxygens (including phenoxy) is 1. The van der Waals surface area contributed by atoms with Gasteiger partial charge in [-0.05, 0) is 31.7 Å². The number of nitrogens with zero attached hydrogens (tertiary/aromatic N) is 1. The van der Waals surface area contributed by atoms with Crippen LogP contribution in [0, 0.1) is 0 Å². The molecule has 1 atom stereocenters. The van der Waals surface area contributed by atoms with Gasteiger partial charge in [-0.1, -0.05) is 44.4 Å². The van der Waals surface area contributed by atoms with Gasteiger partial charge in [-0.15, -0.1) is 0 Å². The van der Waals surface area contributed by atoms with E-state index in [0.717, 1.165) is 13.0 Å². The summed E-state index contributed by atoms with van der Waals surface area (Å²) < 4.78 is 8.66. The monoisotopic (exact) mass is 285 g/mol. The van der Waals surface area contributed by atoms with Crippen LogP contribution >= 0.6 is 0 Å². The maximum Gasteiger partial charge on any atom is 0.0951 e. The molecule has 1 saturated heterocycles. The van der Waals surface area contributed by atoms with E-state index in [4.69, 9.17) is 4.74 Å². The lowest BCUT2D eigenvalue weighted by atomic mass is 9.82. The maximum atomic E-state index is 6.41. The smallest absolute Gasteiger partial charge is 0.0951 e. The first-order chi connectivity index (χ1) is 10.3. The Balaban J connectivity index is 2.01. The van der Waals surface area contributed by atoms with Crippen LogP contribution in [0.2, 0.25) is 0 Å². The topological polar surface area (TPSA) is 14.2 Å². The van der Waals surface area contributed by atoms with Gasteiger partial charge in [0.25, 0.3) is 0 Å². The molecule has 0 radical (unpaired) electrons. The molecular formula is C19H27NO. The molecule has 1 fully saturated rings. The lowest BCUT2D eigenvalue weighted by Gasteiger charge is -2.37. The van der Waals surface area contributed by atoms with Crippen molar-refractivity contribution in [2.45, 2.75) is 57.5 Å². The van der Waals surface area contributed by atoms with Crippen molar-refractivity contribution < 1.29 is 4.74 Å². The molecule has 3 rings (SSSR count). The van der Waals surface area contributed by atoms with E-state index in [1.807, 2.05) is 0 Å². The van der Waals surface area contributed by atoms with Crippen molar-refractivity contribution >= 4 is 10.9 Å². The molecule has 2 heteroatoms. The van der Waals surface area contributed by atoms with Crippen molar-refractivity contribution in [3.8, 4) is 0 Å². The van der Waals surface area contributed by atoms with Gasteiger partial charge < -0.3 is 9.30 Å². The number of unbranched alkanes of at least 4 members (excludes halogenated alkanes) is 2. The number of aromatic nitrogens is 1. The highest BCUT2D eigenvalue weighted by molar-refractivity contribution is 5.84. The summed E-state index contributed by atoms with van der Waals surface area (Å²) in [6.07, 6.45) is 11.0. The second-order valence-corrected chi connectivity index (χ2v) is 6.43. The molecule has 0 bridgehead atoms. The number of rotatable bonds is 5. The van der Waals surface area contributed by atoms with Gasteiger partial charge in [0, 0.05) is 36.3 Å². The first-order valence-corrected chi connectivity index (χ1v) is 8.45. The Bertz CT molecular complexity index is 593. The van der Waals surface area contributed by atoms with E-state index in [1.54, 1.807) is 0 Å². The van der Waals surface area contributed by atoms with Gasteiger partial charge in [-0.2, -0.15) is 0 Å². The van der Waals surface area contributed by atoms with Crippen molar-refractivity contribution in [2.75, 3.05) is 6.61 Å². The van der Waals surface area contributed by atoms with Crippen LogP contribution in [0.5, 0.6) is 0 Å². The van der Waals surface area contributed by atoms with Gasteiger partial charge in [0.2, 0.25) is 0 Å². The average Bonchev–Trinajstić information content (AvgIpc) is 2.87. The zero-order valence-electron chi connectivity index (χ0n) is 13.4. The standard InChI is InChI=1S/C19H27NO/c1-3-4-7-12-19(13-8-9-14-21-19)17-15-20(2)18-11-6-5-10-16(17)18/h5-6,10-11,15H,3-4,7-9,12-14H2,1-2H3. The van der Waals surface area contributed by atoms with Gasteiger partial charge in [-0.3, -0.25) is 0 Å². The first-order valence-electron chi connectivity index (χ1n) is 8.45. The minimum absolute atomic E-state index is 0.0473. The van der Waals surface area contributed by atoms with Crippen LogP contribution in [0.4, 0.5) is 0 Å². The van der Waals surface area contributed by atoms with Crippen LogP contribution < -0.4 is 0 Å². The number of benzene rings is 1. The fourth-order valence-corrected chi connectivity index (χ4v) is 3.76. The van der Waals surface area contributed by atoms with E-state index in [1.165, 1.54) is 55.0 Å². The molecule has 1 aliphatic rings. The van der Waals surface area contributed by atoms with Crippen LogP contribution in [-0.4, -0.2) is 11.2 Å². The van der Waals surface area contributed by atoms with Crippen molar-refractivity contribution in [1.82, 2.24) is 4.57 Å². The molecule has 1 unspecified atom stereocenters. The van der Waals surface area contributed by atoms with Gasteiger partial charge in [0.15, 0.2) is 0 Å². The van der Waals surface area contributed by atoms with Crippen molar-refractivity contribution in [3.63, 3.8) is 0 Å². The van der Waals surface area contributed by atoms with Gasteiger partial charge in [0.1, 0.15) is 0 Å². The van der Waals surface area contributed by atoms with Gasteiger partial charge in [-0.25, -0.2) is 0 Å². The summed E-state index contributed by atoms with van der Waals surface area (Å²) in [5.74, 6) is 0. The summed E-state index contributed by atoms with van der Waals surface area (Å²) in [6, 6.07) is 8.73. The summed E-state index contributed by atoms with van der Waals surface area (Å²) in [4.78, 5) is 0. The lowest BCUT2D eigenvalue weighted by molar-refractivity contribution is -0.0898. The van der Waals surface area contributed by atoms with E-state index in [2.05, 4.69) is 49.0 Å². The number of para-hydroxylation sites is 1. The fourth-order valence-electron chi connectivity index (χ4n) is 3.76. The number of fused-ring (bicyclic) bond motifs is 1. The van der Waals surface area contributed by atoms with Crippen LogP contribution in [0.1, 0.15) is 57.4 Å². The van der Waals surface area contributed by atoms with Crippen LogP contribution in [0.3, 0.4) is 0 Å². The van der Waals surface area contributed by atoms with E-state index in [-0.39, 0.29) is 5.60 Å². The Hall–Kier alpha value is -1.28. The molecule has 2 heterocycles. The minimum Gasteiger partial charge on any atom is -0.370 e. The zero-order valence-corrected chi connectivity index (χ0v) is 13.4. The van der Waals surface area contributed by atoms with E-state index >= 15 is 0 Å². The molecule has 0 saturated carbocycles. The number of hydrogen-bond acceptors (Lipinski definition) is 1. The van der Waals surface area contributed by atoms with Crippen LogP contribution in [0.15, 0.2) is 30.5 Å². The zero-order chi connectivity index (χ0) is 14.7. The Morgan fingerprint density at radius 2 is 2.05 bits per heavy atom. The minimum atomic E-state index is -0.0473. The van der Waals surface area contributed by atoms with Crippen LogP contribution in [0.25, 0.3) is 10.9 Å². The van der Waals surface area contributed by atoms with Crippen molar-refractivity contribution in [3.05, 3.63) is 36.0 Å². The molecule has 1 aliphatic heterocycles. The third-order valence-corrected chi connectivity index (χ3v) is 4.93. The Morgan fingerprint density at radius 1 is 1.19 bits per heavy atom. The highest BCUT2D eigenvalue weighted by atomic mass is 16.5. The highest BCUT2D eigenvalue weighted by Gasteiger charge is 2.36. The molecule has 1 aromatic heterocycles. The molecule has 1 aromatic carbocycles. The lowest BCUT2D eigenvalue weighted by Crippen LogP contribution is -2.33. The Kier molecular flexibility index (Phi) is 4.34. The van der Waals surface area contributed by atoms with E-state index in [0.29, 0.717) is 0 Å². The normalized spacial score (nSPS) is 22.8. The molecule has 2 nitrogen and oxygen atoms in total. The summed E-state index contributed by atoms with van der Waals surface area (Å²) in [5, 5.41) is 1.37. The molecule has 114 valence electrons. The predicted molar refractivity (Wildman–Crippen MR) is 88.5 cm³/mol. The largest absolute Gasteiger partial charge is 0.370 e. The maximum absolute atomic E-state index is 6.41.